The molecule has 0 unspecified atom stereocenters. The third kappa shape index (κ3) is 3.88. The average molecular weight is 424 g/mol. The number of halogens is 3. The zero-order valence-corrected chi connectivity index (χ0v) is 16.3. The topological polar surface area (TPSA) is 117 Å². The van der Waals surface area contributed by atoms with E-state index in [0.29, 0.717) is 46.5 Å². The van der Waals surface area contributed by atoms with Crippen molar-refractivity contribution in [1.82, 2.24) is 15.0 Å². The van der Waals surface area contributed by atoms with Gasteiger partial charge in [0, 0.05) is 11.3 Å². The van der Waals surface area contributed by atoms with Gasteiger partial charge in [0.05, 0.1) is 34.6 Å². The molecule has 1 saturated carbocycles. The van der Waals surface area contributed by atoms with E-state index in [1.807, 2.05) is 0 Å². The molecule has 3 aromatic rings. The minimum atomic E-state index is -2.52. The van der Waals surface area contributed by atoms with Crippen LogP contribution in [0.5, 0.6) is 0 Å². The first-order chi connectivity index (χ1) is 13.3. The molecule has 0 aliphatic heterocycles. The largest absolute Gasteiger partial charge is 0.478 e. The van der Waals surface area contributed by atoms with Gasteiger partial charge in [-0.05, 0) is 31.9 Å². The van der Waals surface area contributed by atoms with Crippen LogP contribution in [0.2, 0.25) is 0 Å². The first-order valence-corrected chi connectivity index (χ1v) is 8.84. The van der Waals surface area contributed by atoms with Crippen molar-refractivity contribution in [2.24, 2.45) is 5.73 Å². The Bertz CT molecular complexity index is 1080. The summed E-state index contributed by atoms with van der Waals surface area (Å²) in [5, 5.41) is 12.2. The number of fused-ring (bicyclic) bond motifs is 1. The van der Waals surface area contributed by atoms with Crippen molar-refractivity contribution in [3.8, 4) is 11.3 Å². The predicted octanol–water partition coefficient (Wildman–Crippen LogP) is 3.68. The standard InChI is InChI=1S/C19H19F2N5O2.ClH/c1-9-17(23-8-14(20)21)26-15-10(3-2-4-12(15)24-9)13-7-11(18(27)28)16(25-13)19(22)5-6-19;/h2-4,7,14,25H,5-6,8,22H2,1H3,(H,23,26)(H,27,28);1H. The van der Waals surface area contributed by atoms with Crippen LogP contribution in [0.1, 0.15) is 34.6 Å². The lowest BCUT2D eigenvalue weighted by Crippen LogP contribution is -2.22. The number of H-pyrrole nitrogens is 1. The minimum absolute atomic E-state index is 0. The Morgan fingerprint density at radius 3 is 2.72 bits per heavy atom. The molecule has 0 amide bonds. The highest BCUT2D eigenvalue weighted by Gasteiger charge is 2.44. The number of carbonyl (C=O) groups is 1. The van der Waals surface area contributed by atoms with Crippen LogP contribution in [0.15, 0.2) is 24.3 Å². The van der Waals surface area contributed by atoms with Crippen molar-refractivity contribution in [2.45, 2.75) is 31.7 Å². The maximum Gasteiger partial charge on any atom is 0.337 e. The van der Waals surface area contributed by atoms with Crippen LogP contribution in [0, 0.1) is 6.92 Å². The molecule has 154 valence electrons. The van der Waals surface area contributed by atoms with E-state index in [1.165, 1.54) is 6.07 Å². The van der Waals surface area contributed by atoms with Crippen LogP contribution in [-0.2, 0) is 5.54 Å². The van der Waals surface area contributed by atoms with E-state index < -0.39 is 24.5 Å². The van der Waals surface area contributed by atoms with Gasteiger partial charge in [0.1, 0.15) is 11.3 Å². The average Bonchev–Trinajstić information content (AvgIpc) is 3.22. The number of rotatable bonds is 6. The fourth-order valence-corrected chi connectivity index (χ4v) is 3.27. The molecule has 2 aromatic heterocycles. The first kappa shape index (κ1) is 20.9. The Balaban J connectivity index is 0.00000240. The number of alkyl halides is 2. The number of aromatic carboxylic acids is 1. The maximum absolute atomic E-state index is 12.6. The van der Waals surface area contributed by atoms with E-state index in [4.69, 9.17) is 5.73 Å². The van der Waals surface area contributed by atoms with Gasteiger partial charge in [0.15, 0.2) is 0 Å². The van der Waals surface area contributed by atoms with Gasteiger partial charge >= 0.3 is 5.97 Å². The number of nitrogens with two attached hydrogens (primary N) is 1. The van der Waals surface area contributed by atoms with Crippen molar-refractivity contribution in [2.75, 3.05) is 11.9 Å². The third-order valence-corrected chi connectivity index (χ3v) is 4.92. The van der Waals surface area contributed by atoms with Crippen molar-refractivity contribution in [1.29, 1.82) is 0 Å². The summed E-state index contributed by atoms with van der Waals surface area (Å²) in [7, 11) is 0. The quantitative estimate of drug-likeness (QED) is 0.480. The van der Waals surface area contributed by atoms with Gasteiger partial charge in [0.2, 0.25) is 0 Å². The lowest BCUT2D eigenvalue weighted by Gasteiger charge is -2.11. The molecule has 7 nitrogen and oxygen atoms in total. The monoisotopic (exact) mass is 423 g/mol. The molecule has 0 bridgehead atoms. The molecular weight excluding hydrogens is 404 g/mol. The highest BCUT2D eigenvalue weighted by atomic mass is 35.5. The normalized spacial score (nSPS) is 14.7. The molecular formula is C19H20ClF2N5O2. The van der Waals surface area contributed by atoms with Gasteiger partial charge in [-0.2, -0.15) is 0 Å². The second kappa shape index (κ2) is 7.57. The Labute approximate surface area is 171 Å². The van der Waals surface area contributed by atoms with Crippen LogP contribution >= 0.6 is 12.4 Å². The number of anilines is 1. The molecule has 4 rings (SSSR count). The van der Waals surface area contributed by atoms with Gasteiger partial charge < -0.3 is 21.1 Å². The summed E-state index contributed by atoms with van der Waals surface area (Å²) >= 11 is 0. The minimum Gasteiger partial charge on any atom is -0.478 e. The number of aromatic nitrogens is 3. The fourth-order valence-electron chi connectivity index (χ4n) is 3.27. The molecule has 0 spiro atoms. The molecule has 5 N–H and O–H groups in total. The summed E-state index contributed by atoms with van der Waals surface area (Å²) in [6, 6.07) is 6.87. The fraction of sp³-hybridized carbons (Fsp3) is 0.316. The third-order valence-electron chi connectivity index (χ3n) is 4.92. The molecule has 29 heavy (non-hydrogen) atoms. The molecule has 2 heterocycles. The number of carboxylic acid groups (broad SMARTS) is 1. The van der Waals surface area contributed by atoms with Crippen molar-refractivity contribution in [3.63, 3.8) is 0 Å². The lowest BCUT2D eigenvalue weighted by atomic mass is 10.1. The van der Waals surface area contributed by atoms with Gasteiger partial charge in [-0.15, -0.1) is 12.4 Å². The number of nitrogens with zero attached hydrogens (tertiary/aromatic N) is 2. The number of aromatic amines is 1. The first-order valence-electron chi connectivity index (χ1n) is 8.84. The Morgan fingerprint density at radius 1 is 1.38 bits per heavy atom. The SMILES string of the molecule is Cc1nc2cccc(-c3cc(C(=O)O)c(C4(N)CC4)[nH]3)c2nc1NCC(F)F.Cl. The summed E-state index contributed by atoms with van der Waals surface area (Å²) in [6.07, 6.45) is -1.09. The summed E-state index contributed by atoms with van der Waals surface area (Å²) in [5.74, 6) is -0.793. The van der Waals surface area contributed by atoms with E-state index in [9.17, 15) is 18.7 Å². The summed E-state index contributed by atoms with van der Waals surface area (Å²) < 4.78 is 25.1. The van der Waals surface area contributed by atoms with E-state index in [1.54, 1.807) is 25.1 Å². The van der Waals surface area contributed by atoms with Gasteiger partial charge in [0.25, 0.3) is 6.43 Å². The molecule has 1 aliphatic rings. The Hall–Kier alpha value is -2.78. The van der Waals surface area contributed by atoms with Gasteiger partial charge in [-0.3, -0.25) is 0 Å². The molecule has 1 aliphatic carbocycles. The zero-order valence-electron chi connectivity index (χ0n) is 15.5. The van der Waals surface area contributed by atoms with Crippen LogP contribution in [0.4, 0.5) is 14.6 Å². The van der Waals surface area contributed by atoms with Crippen LogP contribution in [0.3, 0.4) is 0 Å². The Kier molecular flexibility index (Phi) is 5.46. The highest BCUT2D eigenvalue weighted by molar-refractivity contribution is 5.96. The number of hydrogen-bond donors (Lipinski definition) is 4. The van der Waals surface area contributed by atoms with E-state index in [2.05, 4.69) is 20.3 Å². The van der Waals surface area contributed by atoms with Crippen LogP contribution < -0.4 is 11.1 Å². The highest BCUT2D eigenvalue weighted by Crippen LogP contribution is 2.45. The van der Waals surface area contributed by atoms with E-state index in [0.717, 1.165) is 0 Å². The molecule has 10 heteroatoms. The molecule has 0 saturated heterocycles. The summed E-state index contributed by atoms with van der Waals surface area (Å²) in [6.45, 7) is 1.15. The summed E-state index contributed by atoms with van der Waals surface area (Å²) in [4.78, 5) is 23.7. The molecule has 0 atom stereocenters. The lowest BCUT2D eigenvalue weighted by molar-refractivity contribution is 0.0695. The number of nitrogens with one attached hydrogen (secondary N) is 2. The zero-order chi connectivity index (χ0) is 20.1. The molecule has 0 radical (unpaired) electrons. The van der Waals surface area contributed by atoms with E-state index in [-0.39, 0.29) is 23.8 Å². The summed E-state index contributed by atoms with van der Waals surface area (Å²) in [5.41, 5.74) is 8.93. The van der Waals surface area contributed by atoms with Crippen molar-refractivity contribution >= 4 is 35.2 Å². The number of hydrogen-bond acceptors (Lipinski definition) is 5. The van der Waals surface area contributed by atoms with Crippen molar-refractivity contribution in [3.05, 3.63) is 41.2 Å². The van der Waals surface area contributed by atoms with Gasteiger partial charge in [-0.1, -0.05) is 12.1 Å². The van der Waals surface area contributed by atoms with Gasteiger partial charge in [-0.25, -0.2) is 23.5 Å². The number of carboxylic acids is 1. The number of benzene rings is 1. The molecule has 1 aromatic carbocycles. The van der Waals surface area contributed by atoms with Crippen LogP contribution in [0.25, 0.3) is 22.3 Å². The number of para-hydroxylation sites is 1. The maximum atomic E-state index is 12.6. The second-order valence-corrected chi connectivity index (χ2v) is 7.04. The predicted molar refractivity (Wildman–Crippen MR) is 108 cm³/mol. The Morgan fingerprint density at radius 2 is 2.10 bits per heavy atom. The smallest absolute Gasteiger partial charge is 0.337 e. The van der Waals surface area contributed by atoms with Crippen LogP contribution in [-0.4, -0.2) is 39.0 Å². The van der Waals surface area contributed by atoms with Crippen molar-refractivity contribution < 1.29 is 18.7 Å². The van der Waals surface area contributed by atoms with E-state index >= 15 is 0 Å². The molecule has 1 fully saturated rings. The number of aryl methyl sites for hydroxylation is 1. The second-order valence-electron chi connectivity index (χ2n) is 7.04.